The first-order chi connectivity index (χ1) is 13.7. The second kappa shape index (κ2) is 8.17. The quantitative estimate of drug-likeness (QED) is 0.584. The first-order valence-corrected chi connectivity index (χ1v) is 8.98. The molecule has 152 valence electrons. The van der Waals surface area contributed by atoms with Gasteiger partial charge in [0, 0.05) is 22.6 Å². The minimum atomic E-state index is -1.01. The van der Waals surface area contributed by atoms with Crippen LogP contribution in [0.5, 0.6) is 0 Å². The minimum absolute atomic E-state index is 0.145. The Bertz CT molecular complexity index is 1050. The Hall–Kier alpha value is -3.63. The number of carboxylic acid groups (broad SMARTS) is 1. The van der Waals surface area contributed by atoms with E-state index in [1.165, 1.54) is 10.9 Å². The average molecular weight is 398 g/mol. The largest absolute Gasteiger partial charge is 0.480 e. The number of aliphatic carboxylic acids is 1. The number of carbonyl (C=O) groups excluding carboxylic acids is 1. The molecule has 0 aliphatic carbocycles. The molecule has 0 fully saturated rings. The van der Waals surface area contributed by atoms with Crippen LogP contribution in [-0.2, 0) is 29.1 Å². The summed E-state index contributed by atoms with van der Waals surface area (Å²) in [7, 11) is 0. The van der Waals surface area contributed by atoms with Gasteiger partial charge in [0.2, 0.25) is 5.91 Å². The predicted octanol–water partition coefficient (Wildman–Crippen LogP) is 0.431. The predicted molar refractivity (Wildman–Crippen MR) is 101 cm³/mol. The highest BCUT2D eigenvalue weighted by atomic mass is 16.4. The normalized spacial score (nSPS) is 10.9. The summed E-state index contributed by atoms with van der Waals surface area (Å²) in [5.74, 6) is -0.740. The van der Waals surface area contributed by atoms with Gasteiger partial charge < -0.3 is 10.4 Å². The number of aryl methyl sites for hydroxylation is 3. The molecular weight excluding hydrogens is 376 g/mol. The average Bonchev–Trinajstić information content (AvgIpc) is 3.18. The van der Waals surface area contributed by atoms with E-state index in [0.717, 1.165) is 28.3 Å². The molecule has 0 saturated carbocycles. The number of rotatable bonds is 7. The van der Waals surface area contributed by atoms with E-state index in [4.69, 9.17) is 5.11 Å². The van der Waals surface area contributed by atoms with Gasteiger partial charge in [-0.1, -0.05) is 5.21 Å². The topological polar surface area (TPSA) is 141 Å². The maximum atomic E-state index is 12.4. The molecule has 3 aromatic heterocycles. The molecule has 0 radical (unpaired) electrons. The summed E-state index contributed by atoms with van der Waals surface area (Å²) in [5.41, 5.74) is 4.50. The monoisotopic (exact) mass is 398 g/mol. The van der Waals surface area contributed by atoms with Gasteiger partial charge in [0.25, 0.3) is 5.95 Å². The molecule has 0 aliphatic heterocycles. The maximum Gasteiger partial charge on any atom is 0.325 e. The first-order valence-electron chi connectivity index (χ1n) is 8.98. The third-order valence-corrected chi connectivity index (χ3v) is 4.29. The van der Waals surface area contributed by atoms with Crippen molar-refractivity contribution in [2.75, 3.05) is 0 Å². The van der Waals surface area contributed by atoms with Crippen LogP contribution in [0.15, 0.2) is 12.3 Å². The smallest absolute Gasteiger partial charge is 0.325 e. The Morgan fingerprint density at radius 3 is 2.48 bits per heavy atom. The van der Waals surface area contributed by atoms with E-state index in [2.05, 4.69) is 30.7 Å². The number of hydrogen-bond donors (Lipinski definition) is 2. The van der Waals surface area contributed by atoms with E-state index in [9.17, 15) is 9.59 Å². The molecule has 29 heavy (non-hydrogen) atoms. The zero-order valence-corrected chi connectivity index (χ0v) is 16.7. The molecule has 1 amide bonds. The van der Waals surface area contributed by atoms with Crippen LogP contribution in [0.3, 0.4) is 0 Å². The van der Waals surface area contributed by atoms with Crippen LogP contribution in [0.2, 0.25) is 0 Å². The molecule has 0 unspecified atom stereocenters. The standard InChI is InChI=1S/C18H22N8O3/c1-10-5-11(2)21-18(20-10)26-13(4)15(12(3)23-26)6-16(27)19-7-14-8-25(24-22-14)9-17(28)29/h5,8H,6-7,9H2,1-4H3,(H,19,27)(H,28,29). The highest BCUT2D eigenvalue weighted by molar-refractivity contribution is 5.79. The van der Waals surface area contributed by atoms with Crippen LogP contribution in [0, 0.1) is 27.7 Å². The minimum Gasteiger partial charge on any atom is -0.480 e. The SMILES string of the molecule is Cc1cc(C)nc(-n2nc(C)c(CC(=O)NCc3cn(CC(=O)O)nn3)c2C)n1. The van der Waals surface area contributed by atoms with Gasteiger partial charge in [-0.25, -0.2) is 19.3 Å². The van der Waals surface area contributed by atoms with E-state index in [0.29, 0.717) is 11.6 Å². The molecule has 11 nitrogen and oxygen atoms in total. The number of carboxylic acids is 1. The summed E-state index contributed by atoms with van der Waals surface area (Å²) < 4.78 is 2.85. The molecule has 0 aliphatic rings. The lowest BCUT2D eigenvalue weighted by Crippen LogP contribution is -2.25. The molecule has 0 saturated heterocycles. The van der Waals surface area contributed by atoms with Crippen molar-refractivity contribution in [3.8, 4) is 5.95 Å². The Morgan fingerprint density at radius 1 is 1.14 bits per heavy atom. The van der Waals surface area contributed by atoms with Crippen molar-refractivity contribution in [2.45, 2.75) is 47.2 Å². The Morgan fingerprint density at radius 2 is 1.83 bits per heavy atom. The van der Waals surface area contributed by atoms with Crippen LogP contribution in [0.1, 0.15) is 34.0 Å². The second-order valence-electron chi connectivity index (χ2n) is 6.77. The summed E-state index contributed by atoms with van der Waals surface area (Å²) in [6, 6.07) is 1.89. The molecule has 3 aromatic rings. The van der Waals surface area contributed by atoms with Crippen molar-refractivity contribution in [3.05, 3.63) is 46.3 Å². The molecule has 11 heteroatoms. The Labute approximate surface area is 166 Å². The van der Waals surface area contributed by atoms with Gasteiger partial charge in [0.15, 0.2) is 0 Å². The van der Waals surface area contributed by atoms with Crippen molar-refractivity contribution < 1.29 is 14.7 Å². The van der Waals surface area contributed by atoms with Crippen molar-refractivity contribution in [2.24, 2.45) is 0 Å². The highest BCUT2D eigenvalue weighted by Gasteiger charge is 2.18. The van der Waals surface area contributed by atoms with Crippen molar-refractivity contribution in [3.63, 3.8) is 0 Å². The highest BCUT2D eigenvalue weighted by Crippen LogP contribution is 2.17. The van der Waals surface area contributed by atoms with Gasteiger partial charge in [-0.3, -0.25) is 9.59 Å². The third-order valence-electron chi connectivity index (χ3n) is 4.29. The number of nitrogens with one attached hydrogen (secondary N) is 1. The molecule has 0 spiro atoms. The fraction of sp³-hybridized carbons (Fsp3) is 0.389. The van der Waals surface area contributed by atoms with E-state index in [1.807, 2.05) is 33.8 Å². The zero-order valence-electron chi connectivity index (χ0n) is 16.7. The number of carbonyl (C=O) groups is 2. The van der Waals surface area contributed by atoms with Gasteiger partial charge in [-0.15, -0.1) is 5.10 Å². The van der Waals surface area contributed by atoms with Crippen LogP contribution < -0.4 is 5.32 Å². The molecule has 0 aromatic carbocycles. The summed E-state index contributed by atoms with van der Waals surface area (Å²) >= 11 is 0. The van der Waals surface area contributed by atoms with E-state index in [1.54, 1.807) is 4.68 Å². The van der Waals surface area contributed by atoms with Gasteiger partial charge in [-0.2, -0.15) is 5.10 Å². The molecule has 0 bridgehead atoms. The molecule has 0 atom stereocenters. The van der Waals surface area contributed by atoms with E-state index < -0.39 is 5.97 Å². The lowest BCUT2D eigenvalue weighted by Gasteiger charge is -2.06. The lowest BCUT2D eigenvalue weighted by atomic mass is 10.1. The molecule has 3 rings (SSSR count). The number of nitrogens with zero attached hydrogens (tertiary/aromatic N) is 7. The summed E-state index contributed by atoms with van der Waals surface area (Å²) in [4.78, 5) is 31.9. The van der Waals surface area contributed by atoms with Crippen LogP contribution in [-0.4, -0.2) is 51.7 Å². The van der Waals surface area contributed by atoms with Crippen molar-refractivity contribution >= 4 is 11.9 Å². The summed E-state index contributed by atoms with van der Waals surface area (Å²) in [6.45, 7) is 7.38. The maximum absolute atomic E-state index is 12.4. The van der Waals surface area contributed by atoms with Gasteiger partial charge in [0.05, 0.1) is 24.9 Å². The van der Waals surface area contributed by atoms with Crippen LogP contribution in [0.4, 0.5) is 0 Å². The zero-order chi connectivity index (χ0) is 21.1. The number of aromatic nitrogens is 7. The van der Waals surface area contributed by atoms with Crippen molar-refractivity contribution in [1.82, 2.24) is 40.1 Å². The Balaban J connectivity index is 1.68. The second-order valence-corrected chi connectivity index (χ2v) is 6.77. The molecule has 2 N–H and O–H groups in total. The van der Waals surface area contributed by atoms with Crippen molar-refractivity contribution in [1.29, 1.82) is 0 Å². The molecular formula is C18H22N8O3. The molecule has 3 heterocycles. The number of amides is 1. The fourth-order valence-corrected chi connectivity index (χ4v) is 2.98. The van der Waals surface area contributed by atoms with Gasteiger partial charge in [0.1, 0.15) is 12.2 Å². The fourth-order valence-electron chi connectivity index (χ4n) is 2.98. The Kier molecular flexibility index (Phi) is 5.66. The first kappa shape index (κ1) is 20.1. The van der Waals surface area contributed by atoms with Crippen LogP contribution >= 0.6 is 0 Å². The number of hydrogen-bond acceptors (Lipinski definition) is 7. The van der Waals surface area contributed by atoms with Gasteiger partial charge >= 0.3 is 5.97 Å². The lowest BCUT2D eigenvalue weighted by molar-refractivity contribution is -0.138. The summed E-state index contributed by atoms with van der Waals surface area (Å²) in [6.07, 6.45) is 1.63. The third kappa shape index (κ3) is 4.81. The summed E-state index contributed by atoms with van der Waals surface area (Å²) in [5, 5.41) is 23.6. The van der Waals surface area contributed by atoms with E-state index >= 15 is 0 Å². The van der Waals surface area contributed by atoms with Gasteiger partial charge in [-0.05, 0) is 33.8 Å². The van der Waals surface area contributed by atoms with Crippen LogP contribution in [0.25, 0.3) is 5.95 Å². The van der Waals surface area contributed by atoms with E-state index in [-0.39, 0.29) is 25.4 Å².